The number of carbonyl (C=O) groups is 3. The number of hydrogen-bond acceptors (Lipinski definition) is 4. The summed E-state index contributed by atoms with van der Waals surface area (Å²) in [6.45, 7) is 4.48. The molecule has 0 radical (unpaired) electrons. The van der Waals surface area contributed by atoms with Crippen LogP contribution in [-0.2, 0) is 9.59 Å². The summed E-state index contributed by atoms with van der Waals surface area (Å²) in [5.41, 5.74) is -0.250. The van der Waals surface area contributed by atoms with Gasteiger partial charge in [0.25, 0.3) is 5.91 Å². The fraction of sp³-hybridized carbons (Fsp3) is 0.550. The third-order valence-corrected chi connectivity index (χ3v) is 5.27. The zero-order valence-electron chi connectivity index (χ0n) is 15.9. The lowest BCUT2D eigenvalue weighted by molar-refractivity contribution is -0.135. The Morgan fingerprint density at radius 3 is 2.78 bits per heavy atom. The van der Waals surface area contributed by atoms with Gasteiger partial charge in [-0.05, 0) is 50.2 Å². The Balaban J connectivity index is 1.61. The average molecular weight is 373 g/mol. The van der Waals surface area contributed by atoms with Crippen molar-refractivity contribution in [1.82, 2.24) is 10.2 Å². The minimum atomic E-state index is -0.822. The Morgan fingerprint density at radius 2 is 2.07 bits per heavy atom. The molecule has 4 amide bonds. The highest BCUT2D eigenvalue weighted by atomic mass is 16.5. The zero-order valence-corrected chi connectivity index (χ0v) is 15.9. The first-order valence-electron chi connectivity index (χ1n) is 9.60. The van der Waals surface area contributed by atoms with Crippen molar-refractivity contribution in [2.45, 2.75) is 51.5 Å². The van der Waals surface area contributed by atoms with E-state index in [4.69, 9.17) is 4.74 Å². The number of anilines is 1. The summed E-state index contributed by atoms with van der Waals surface area (Å²) in [4.78, 5) is 38.5. The van der Waals surface area contributed by atoms with Crippen molar-refractivity contribution in [3.05, 3.63) is 24.3 Å². The number of rotatable bonds is 6. The summed E-state index contributed by atoms with van der Waals surface area (Å²) in [7, 11) is 0. The molecular formula is C20H27N3O4. The fourth-order valence-corrected chi connectivity index (χ4v) is 3.64. The molecule has 2 fully saturated rings. The number of amides is 4. The van der Waals surface area contributed by atoms with Gasteiger partial charge in [-0.25, -0.2) is 4.79 Å². The maximum Gasteiger partial charge on any atom is 0.325 e. The van der Waals surface area contributed by atoms with Crippen molar-refractivity contribution >= 4 is 23.5 Å². The summed E-state index contributed by atoms with van der Waals surface area (Å²) < 4.78 is 5.55. The van der Waals surface area contributed by atoms with Crippen molar-refractivity contribution in [1.29, 1.82) is 0 Å². The third-order valence-electron chi connectivity index (χ3n) is 5.27. The predicted molar refractivity (Wildman–Crippen MR) is 101 cm³/mol. The van der Waals surface area contributed by atoms with Crippen molar-refractivity contribution < 1.29 is 19.1 Å². The summed E-state index contributed by atoms with van der Waals surface area (Å²) >= 11 is 0. The van der Waals surface area contributed by atoms with Gasteiger partial charge in [-0.2, -0.15) is 0 Å². The molecule has 2 aliphatic rings. The Hall–Kier alpha value is -2.57. The first kappa shape index (κ1) is 19.2. The van der Waals surface area contributed by atoms with E-state index in [0.29, 0.717) is 36.8 Å². The van der Waals surface area contributed by atoms with E-state index < -0.39 is 17.5 Å². The van der Waals surface area contributed by atoms with Crippen LogP contribution < -0.4 is 15.4 Å². The van der Waals surface area contributed by atoms with Crippen LogP contribution in [0.15, 0.2) is 24.3 Å². The lowest BCUT2D eigenvalue weighted by Gasteiger charge is -2.33. The maximum absolute atomic E-state index is 12.8. The number of imide groups is 1. The van der Waals surface area contributed by atoms with Crippen molar-refractivity contribution in [2.24, 2.45) is 5.92 Å². The second-order valence-electron chi connectivity index (χ2n) is 7.51. The molecule has 1 aliphatic heterocycles. The van der Waals surface area contributed by atoms with Gasteiger partial charge in [0.2, 0.25) is 5.91 Å². The molecule has 1 aromatic carbocycles. The van der Waals surface area contributed by atoms with E-state index in [2.05, 4.69) is 17.6 Å². The minimum absolute atomic E-state index is 0.283. The number of urea groups is 1. The van der Waals surface area contributed by atoms with Crippen LogP contribution in [0.3, 0.4) is 0 Å². The zero-order chi connectivity index (χ0) is 19.4. The SMILES string of the molecule is CCCOc1cccc(NC(=O)CN2C(=O)NC3(CCC(C)CC3)C2=O)c1. The summed E-state index contributed by atoms with van der Waals surface area (Å²) in [6, 6.07) is 6.59. The quantitative estimate of drug-likeness (QED) is 0.751. The van der Waals surface area contributed by atoms with E-state index in [9.17, 15) is 14.4 Å². The monoisotopic (exact) mass is 373 g/mol. The number of benzene rings is 1. The smallest absolute Gasteiger partial charge is 0.325 e. The Labute approximate surface area is 159 Å². The maximum atomic E-state index is 12.8. The van der Waals surface area contributed by atoms with E-state index in [1.165, 1.54) is 0 Å². The van der Waals surface area contributed by atoms with Crippen LogP contribution in [0.25, 0.3) is 0 Å². The molecule has 1 aliphatic carbocycles. The van der Waals surface area contributed by atoms with Gasteiger partial charge < -0.3 is 15.4 Å². The molecule has 1 saturated heterocycles. The molecule has 1 aromatic rings. The Morgan fingerprint density at radius 1 is 1.33 bits per heavy atom. The molecule has 3 rings (SSSR count). The van der Waals surface area contributed by atoms with Crippen LogP contribution in [0.1, 0.15) is 46.0 Å². The van der Waals surface area contributed by atoms with E-state index in [1.807, 2.05) is 13.0 Å². The first-order valence-corrected chi connectivity index (χ1v) is 9.60. The summed E-state index contributed by atoms with van der Waals surface area (Å²) in [5.74, 6) is 0.529. The minimum Gasteiger partial charge on any atom is -0.494 e. The van der Waals surface area contributed by atoms with Gasteiger partial charge in [-0.3, -0.25) is 14.5 Å². The molecule has 27 heavy (non-hydrogen) atoms. The molecule has 1 heterocycles. The van der Waals surface area contributed by atoms with Crippen molar-refractivity contribution in [3.63, 3.8) is 0 Å². The molecule has 0 aromatic heterocycles. The lowest BCUT2D eigenvalue weighted by Crippen LogP contribution is -2.49. The molecule has 0 bridgehead atoms. The molecule has 7 nitrogen and oxygen atoms in total. The number of hydrogen-bond donors (Lipinski definition) is 2. The van der Waals surface area contributed by atoms with Crippen molar-refractivity contribution in [2.75, 3.05) is 18.5 Å². The second kappa shape index (κ2) is 7.98. The van der Waals surface area contributed by atoms with E-state index in [1.54, 1.807) is 18.2 Å². The molecule has 1 spiro atoms. The number of carbonyl (C=O) groups excluding carboxylic acids is 3. The third kappa shape index (κ3) is 4.23. The highest BCUT2D eigenvalue weighted by Crippen LogP contribution is 2.36. The van der Waals surface area contributed by atoms with Crippen LogP contribution in [0.5, 0.6) is 5.75 Å². The molecule has 0 atom stereocenters. The fourth-order valence-electron chi connectivity index (χ4n) is 3.64. The van der Waals surface area contributed by atoms with E-state index in [-0.39, 0.29) is 12.5 Å². The van der Waals surface area contributed by atoms with Crippen molar-refractivity contribution in [3.8, 4) is 5.75 Å². The van der Waals surface area contributed by atoms with Gasteiger partial charge in [-0.15, -0.1) is 0 Å². The number of ether oxygens (including phenoxy) is 1. The second-order valence-corrected chi connectivity index (χ2v) is 7.51. The van der Waals surface area contributed by atoms with E-state index in [0.717, 1.165) is 24.2 Å². The van der Waals surface area contributed by atoms with Crippen LogP contribution in [0.4, 0.5) is 10.5 Å². The summed E-state index contributed by atoms with van der Waals surface area (Å²) in [6.07, 6.45) is 3.96. The molecule has 2 N–H and O–H groups in total. The van der Waals surface area contributed by atoms with E-state index >= 15 is 0 Å². The topological polar surface area (TPSA) is 87.7 Å². The number of nitrogens with one attached hydrogen (secondary N) is 2. The lowest BCUT2D eigenvalue weighted by atomic mass is 9.77. The van der Waals surface area contributed by atoms with Crippen LogP contribution in [-0.4, -0.2) is 41.4 Å². The Bertz CT molecular complexity index is 726. The van der Waals surface area contributed by atoms with Gasteiger partial charge in [-0.1, -0.05) is 19.9 Å². The summed E-state index contributed by atoms with van der Waals surface area (Å²) in [5, 5.41) is 5.56. The normalized spacial score (nSPS) is 24.8. The average Bonchev–Trinajstić information content (AvgIpc) is 2.87. The van der Waals surface area contributed by atoms with Gasteiger partial charge in [0, 0.05) is 11.8 Å². The largest absolute Gasteiger partial charge is 0.494 e. The first-order chi connectivity index (χ1) is 12.9. The Kier molecular flexibility index (Phi) is 5.68. The van der Waals surface area contributed by atoms with Gasteiger partial charge in [0.1, 0.15) is 17.8 Å². The van der Waals surface area contributed by atoms with Gasteiger partial charge in [0.15, 0.2) is 0 Å². The highest BCUT2D eigenvalue weighted by molar-refractivity contribution is 6.10. The van der Waals surface area contributed by atoms with Gasteiger partial charge in [0.05, 0.1) is 6.61 Å². The number of nitrogens with zero attached hydrogens (tertiary/aromatic N) is 1. The molecule has 0 unspecified atom stereocenters. The standard InChI is InChI=1S/C20H27N3O4/c1-3-11-27-16-6-4-5-15(12-16)21-17(24)13-23-18(25)20(22-19(23)26)9-7-14(2)8-10-20/h4-6,12,14H,3,7-11,13H2,1-2H3,(H,21,24)(H,22,26). The van der Waals surface area contributed by atoms with Crippen LogP contribution >= 0.6 is 0 Å². The van der Waals surface area contributed by atoms with Gasteiger partial charge >= 0.3 is 6.03 Å². The molecular weight excluding hydrogens is 346 g/mol. The molecule has 7 heteroatoms. The van der Waals surface area contributed by atoms with Crippen LogP contribution in [0, 0.1) is 5.92 Å². The molecule has 146 valence electrons. The predicted octanol–water partition coefficient (Wildman–Crippen LogP) is 2.91. The highest BCUT2D eigenvalue weighted by Gasteiger charge is 2.52. The molecule has 1 saturated carbocycles. The van der Waals surface area contributed by atoms with Crippen LogP contribution in [0.2, 0.25) is 0 Å².